The van der Waals surface area contributed by atoms with Crippen molar-refractivity contribution < 1.29 is 24.5 Å². The zero-order valence-corrected chi connectivity index (χ0v) is 13.3. The van der Waals surface area contributed by atoms with E-state index in [-0.39, 0.29) is 6.54 Å². The summed E-state index contributed by atoms with van der Waals surface area (Å²) in [5.74, 6) is -0.973. The van der Waals surface area contributed by atoms with Crippen LogP contribution in [0.2, 0.25) is 0 Å². The molecule has 22 heavy (non-hydrogen) atoms. The lowest BCUT2D eigenvalue weighted by Gasteiger charge is -2.20. The van der Waals surface area contributed by atoms with Gasteiger partial charge in [0.25, 0.3) is 5.91 Å². The number of ether oxygens (including phenoxy) is 1. The lowest BCUT2D eigenvalue weighted by atomic mass is 10.0. The van der Waals surface area contributed by atoms with E-state index >= 15 is 0 Å². The minimum Gasteiger partial charge on any atom is -0.481 e. The molecule has 122 valence electrons. The molecule has 0 aliphatic rings. The van der Waals surface area contributed by atoms with Gasteiger partial charge < -0.3 is 20.3 Å². The van der Waals surface area contributed by atoms with Crippen LogP contribution in [0, 0.1) is 0 Å². The molecule has 0 aromatic heterocycles. The Bertz CT molecular complexity index is 539. The fraction of sp³-hybridized carbons (Fsp3) is 0.500. The SMILES string of the molecule is CC(Oc1cccc(C(C)C)c1)C(=O)NCC(C)(O)C(=O)O. The molecule has 6 heteroatoms. The maximum absolute atomic E-state index is 11.9. The molecule has 0 fully saturated rings. The van der Waals surface area contributed by atoms with Gasteiger partial charge in [-0.05, 0) is 37.5 Å². The van der Waals surface area contributed by atoms with E-state index in [4.69, 9.17) is 9.84 Å². The summed E-state index contributed by atoms with van der Waals surface area (Å²) in [7, 11) is 0. The normalized spacial score (nSPS) is 15.0. The Morgan fingerprint density at radius 3 is 2.50 bits per heavy atom. The van der Waals surface area contributed by atoms with Crippen molar-refractivity contribution in [3.05, 3.63) is 29.8 Å². The molecule has 0 aliphatic heterocycles. The van der Waals surface area contributed by atoms with Crippen molar-refractivity contribution >= 4 is 11.9 Å². The van der Waals surface area contributed by atoms with Gasteiger partial charge in [0.1, 0.15) is 5.75 Å². The Morgan fingerprint density at radius 2 is 1.95 bits per heavy atom. The summed E-state index contributed by atoms with van der Waals surface area (Å²) < 4.78 is 5.55. The number of aliphatic carboxylic acids is 1. The molecule has 0 saturated carbocycles. The van der Waals surface area contributed by atoms with Crippen molar-refractivity contribution in [3.8, 4) is 5.75 Å². The second-order valence-corrected chi connectivity index (χ2v) is 5.78. The van der Waals surface area contributed by atoms with E-state index < -0.39 is 23.6 Å². The predicted octanol–water partition coefficient (Wildman–Crippen LogP) is 1.53. The van der Waals surface area contributed by atoms with E-state index in [0.29, 0.717) is 11.7 Å². The minimum atomic E-state index is -2.01. The Hall–Kier alpha value is -2.08. The molecule has 0 heterocycles. The number of hydrogen-bond acceptors (Lipinski definition) is 4. The van der Waals surface area contributed by atoms with Crippen LogP contribution in [0.1, 0.15) is 39.2 Å². The number of carbonyl (C=O) groups is 2. The van der Waals surface area contributed by atoms with Crippen LogP contribution >= 0.6 is 0 Å². The van der Waals surface area contributed by atoms with Crippen molar-refractivity contribution in [1.29, 1.82) is 0 Å². The Labute approximate surface area is 130 Å². The maximum atomic E-state index is 11.9. The number of nitrogens with one attached hydrogen (secondary N) is 1. The average molecular weight is 309 g/mol. The molecule has 1 rings (SSSR count). The molecule has 0 aliphatic carbocycles. The lowest BCUT2D eigenvalue weighted by molar-refractivity contribution is -0.156. The van der Waals surface area contributed by atoms with Crippen LogP contribution in [0.15, 0.2) is 24.3 Å². The number of benzene rings is 1. The van der Waals surface area contributed by atoms with Gasteiger partial charge in [-0.3, -0.25) is 4.79 Å². The summed E-state index contributed by atoms with van der Waals surface area (Å²) in [5, 5.41) is 20.7. The van der Waals surface area contributed by atoms with E-state index in [1.165, 1.54) is 0 Å². The first-order valence-corrected chi connectivity index (χ1v) is 7.13. The molecule has 0 saturated heterocycles. The molecule has 0 bridgehead atoms. The van der Waals surface area contributed by atoms with Crippen LogP contribution in [0.3, 0.4) is 0 Å². The monoisotopic (exact) mass is 309 g/mol. The van der Waals surface area contributed by atoms with Crippen molar-refractivity contribution in [3.63, 3.8) is 0 Å². The third-order valence-electron chi connectivity index (χ3n) is 3.27. The molecular weight excluding hydrogens is 286 g/mol. The number of hydrogen-bond donors (Lipinski definition) is 3. The minimum absolute atomic E-state index is 0.346. The van der Waals surface area contributed by atoms with E-state index in [2.05, 4.69) is 19.2 Å². The Kier molecular flexibility index (Phi) is 5.93. The highest BCUT2D eigenvalue weighted by atomic mass is 16.5. The third-order valence-corrected chi connectivity index (χ3v) is 3.27. The van der Waals surface area contributed by atoms with Crippen LogP contribution in [-0.2, 0) is 9.59 Å². The van der Waals surface area contributed by atoms with Crippen molar-refractivity contribution in [2.24, 2.45) is 0 Å². The topological polar surface area (TPSA) is 95.9 Å². The molecule has 2 atom stereocenters. The lowest BCUT2D eigenvalue weighted by Crippen LogP contribution is -2.49. The smallest absolute Gasteiger partial charge is 0.337 e. The van der Waals surface area contributed by atoms with Crippen LogP contribution < -0.4 is 10.1 Å². The first-order valence-electron chi connectivity index (χ1n) is 7.13. The van der Waals surface area contributed by atoms with Gasteiger partial charge in [0.2, 0.25) is 0 Å². The number of aliphatic hydroxyl groups is 1. The number of carboxylic acid groups (broad SMARTS) is 1. The molecule has 1 aromatic rings. The highest BCUT2D eigenvalue weighted by Gasteiger charge is 2.31. The van der Waals surface area contributed by atoms with Crippen molar-refractivity contribution in [2.75, 3.05) is 6.54 Å². The van der Waals surface area contributed by atoms with Gasteiger partial charge in [0.05, 0.1) is 6.54 Å². The van der Waals surface area contributed by atoms with Gasteiger partial charge in [0.15, 0.2) is 11.7 Å². The van der Waals surface area contributed by atoms with E-state index in [1.54, 1.807) is 13.0 Å². The van der Waals surface area contributed by atoms with Gasteiger partial charge in [-0.25, -0.2) is 4.79 Å². The first kappa shape index (κ1) is 18.0. The van der Waals surface area contributed by atoms with Gasteiger partial charge >= 0.3 is 5.97 Å². The number of carboxylic acids is 1. The summed E-state index contributed by atoms with van der Waals surface area (Å²) in [6.45, 7) is 6.41. The molecular formula is C16H23NO5. The third kappa shape index (κ3) is 5.04. The summed E-state index contributed by atoms with van der Waals surface area (Å²) in [5.41, 5.74) is -0.911. The molecule has 0 radical (unpaired) electrons. The Balaban J connectivity index is 2.61. The van der Waals surface area contributed by atoms with Crippen molar-refractivity contribution in [2.45, 2.75) is 45.3 Å². The zero-order chi connectivity index (χ0) is 16.9. The quantitative estimate of drug-likeness (QED) is 0.710. The Morgan fingerprint density at radius 1 is 1.32 bits per heavy atom. The highest BCUT2D eigenvalue weighted by Crippen LogP contribution is 2.21. The molecule has 3 N–H and O–H groups in total. The van der Waals surface area contributed by atoms with Gasteiger partial charge in [0, 0.05) is 0 Å². The fourth-order valence-corrected chi connectivity index (χ4v) is 1.68. The summed E-state index contributed by atoms with van der Waals surface area (Å²) in [4.78, 5) is 22.7. The summed E-state index contributed by atoms with van der Waals surface area (Å²) in [6, 6.07) is 7.45. The predicted molar refractivity (Wildman–Crippen MR) is 81.9 cm³/mol. The van der Waals surface area contributed by atoms with Gasteiger partial charge in [-0.15, -0.1) is 0 Å². The molecule has 2 unspecified atom stereocenters. The largest absolute Gasteiger partial charge is 0.481 e. The van der Waals surface area contributed by atoms with Crippen LogP contribution in [0.5, 0.6) is 5.75 Å². The first-order chi connectivity index (χ1) is 10.1. The van der Waals surface area contributed by atoms with Crippen LogP contribution in [0.25, 0.3) is 0 Å². The van der Waals surface area contributed by atoms with Crippen molar-refractivity contribution in [1.82, 2.24) is 5.32 Å². The molecule has 0 spiro atoms. The van der Waals surface area contributed by atoms with Crippen LogP contribution in [0.4, 0.5) is 0 Å². The maximum Gasteiger partial charge on any atom is 0.337 e. The number of carbonyl (C=O) groups excluding carboxylic acids is 1. The summed E-state index contributed by atoms with van der Waals surface area (Å²) in [6.07, 6.45) is -0.799. The van der Waals surface area contributed by atoms with Gasteiger partial charge in [-0.2, -0.15) is 0 Å². The number of amides is 1. The summed E-state index contributed by atoms with van der Waals surface area (Å²) >= 11 is 0. The standard InChI is InChI=1S/C16H23NO5/c1-10(2)12-6-5-7-13(8-12)22-11(3)14(18)17-9-16(4,21)15(19)20/h5-8,10-11,21H,9H2,1-4H3,(H,17,18)(H,19,20). The highest BCUT2D eigenvalue weighted by molar-refractivity contribution is 5.82. The fourth-order valence-electron chi connectivity index (χ4n) is 1.68. The van der Waals surface area contributed by atoms with E-state index in [1.807, 2.05) is 18.2 Å². The van der Waals surface area contributed by atoms with E-state index in [9.17, 15) is 14.7 Å². The molecule has 6 nitrogen and oxygen atoms in total. The van der Waals surface area contributed by atoms with E-state index in [0.717, 1.165) is 12.5 Å². The average Bonchev–Trinajstić information content (AvgIpc) is 2.44. The second-order valence-electron chi connectivity index (χ2n) is 5.78. The second kappa shape index (κ2) is 7.26. The van der Waals surface area contributed by atoms with Crippen LogP contribution in [-0.4, -0.2) is 40.3 Å². The number of rotatable bonds is 7. The van der Waals surface area contributed by atoms with Gasteiger partial charge in [-0.1, -0.05) is 26.0 Å². The molecule has 1 amide bonds. The molecule has 1 aromatic carbocycles. The zero-order valence-electron chi connectivity index (χ0n) is 13.3.